The molecule has 0 aromatic carbocycles. The third kappa shape index (κ3) is 3.26. The van der Waals surface area contributed by atoms with Crippen molar-refractivity contribution in [3.8, 4) is 0 Å². The fourth-order valence-corrected chi connectivity index (χ4v) is 2.61. The first kappa shape index (κ1) is 12.6. The molecule has 1 aromatic rings. The summed E-state index contributed by atoms with van der Waals surface area (Å²) < 4.78 is 5.28. The lowest BCUT2D eigenvalue weighted by Crippen LogP contribution is -2.46. The molecule has 1 unspecified atom stereocenters. The van der Waals surface area contributed by atoms with E-state index in [2.05, 4.69) is 36.5 Å². The largest absolute Gasteiger partial charge is 0.382 e. The summed E-state index contributed by atoms with van der Waals surface area (Å²) in [5, 5.41) is 6.68. The molecule has 1 aromatic heterocycles. The number of methoxy groups -OCH3 is 1. The molecule has 0 fully saturated rings. The Labute approximate surface area is 95.9 Å². The summed E-state index contributed by atoms with van der Waals surface area (Å²) in [6.45, 7) is 9.05. The van der Waals surface area contributed by atoms with Gasteiger partial charge in [0.05, 0.1) is 12.1 Å². The number of hydrogen-bond donors (Lipinski definition) is 1. The predicted molar refractivity (Wildman–Crippen MR) is 64.4 cm³/mol. The minimum absolute atomic E-state index is 0.179. The van der Waals surface area contributed by atoms with E-state index in [0.717, 1.165) is 10.7 Å². The Bertz CT molecular complexity index is 311. The number of rotatable bonds is 5. The Morgan fingerprint density at radius 3 is 2.67 bits per heavy atom. The van der Waals surface area contributed by atoms with Gasteiger partial charge in [0.2, 0.25) is 0 Å². The van der Waals surface area contributed by atoms with Crippen LogP contribution in [0.3, 0.4) is 0 Å². The van der Waals surface area contributed by atoms with Crippen molar-refractivity contribution in [3.63, 3.8) is 0 Å². The Kier molecular flexibility index (Phi) is 4.25. The van der Waals surface area contributed by atoms with Gasteiger partial charge in [-0.3, -0.25) is 0 Å². The summed E-state index contributed by atoms with van der Waals surface area (Å²) >= 11 is 1.68. The molecular weight excluding hydrogens is 208 g/mol. The van der Waals surface area contributed by atoms with Crippen molar-refractivity contribution in [2.24, 2.45) is 0 Å². The summed E-state index contributed by atoms with van der Waals surface area (Å²) in [6, 6.07) is 0.411. The third-order valence-electron chi connectivity index (χ3n) is 2.13. The van der Waals surface area contributed by atoms with Gasteiger partial charge in [0.25, 0.3) is 0 Å². The summed E-state index contributed by atoms with van der Waals surface area (Å²) in [6.07, 6.45) is 0. The second-order valence-electron chi connectivity index (χ2n) is 4.36. The number of ether oxygens (including phenoxy) is 1. The van der Waals surface area contributed by atoms with Crippen molar-refractivity contribution >= 4 is 11.3 Å². The quantitative estimate of drug-likeness (QED) is 0.839. The maximum absolute atomic E-state index is 5.28. The van der Waals surface area contributed by atoms with Gasteiger partial charge in [-0.1, -0.05) is 0 Å². The Hall–Kier alpha value is -0.450. The van der Waals surface area contributed by atoms with Gasteiger partial charge in [0.1, 0.15) is 5.01 Å². The maximum Gasteiger partial charge on any atom is 0.115 e. The number of aryl methyl sites for hydroxylation is 1. The van der Waals surface area contributed by atoms with E-state index < -0.39 is 0 Å². The lowest BCUT2D eigenvalue weighted by molar-refractivity contribution is 0.112. The first-order valence-electron chi connectivity index (χ1n) is 5.17. The highest BCUT2D eigenvalue weighted by molar-refractivity contribution is 7.09. The zero-order chi connectivity index (χ0) is 11.5. The van der Waals surface area contributed by atoms with E-state index in [1.807, 2.05) is 6.92 Å². The van der Waals surface area contributed by atoms with Crippen LogP contribution in [-0.4, -0.2) is 24.7 Å². The smallest absolute Gasteiger partial charge is 0.115 e. The summed E-state index contributed by atoms with van der Waals surface area (Å²) in [4.78, 5) is 4.53. The zero-order valence-electron chi connectivity index (χ0n) is 10.1. The summed E-state index contributed by atoms with van der Waals surface area (Å²) in [7, 11) is 1.72. The standard InChI is InChI=1S/C11H20N2OS/c1-8(2)13-11(4,7-14-5)10-12-9(3)6-15-10/h6,8,13H,7H2,1-5H3. The van der Waals surface area contributed by atoms with Gasteiger partial charge in [-0.15, -0.1) is 11.3 Å². The van der Waals surface area contributed by atoms with Crippen LogP contribution in [-0.2, 0) is 10.3 Å². The normalized spacial score (nSPS) is 15.6. The van der Waals surface area contributed by atoms with Gasteiger partial charge in [-0.2, -0.15) is 0 Å². The molecule has 1 heterocycles. The van der Waals surface area contributed by atoms with E-state index in [0.29, 0.717) is 12.6 Å². The fraction of sp³-hybridized carbons (Fsp3) is 0.727. The van der Waals surface area contributed by atoms with E-state index >= 15 is 0 Å². The molecule has 0 aliphatic rings. The minimum atomic E-state index is -0.179. The fourth-order valence-electron chi connectivity index (χ4n) is 1.70. The molecule has 0 spiro atoms. The molecule has 0 saturated carbocycles. The van der Waals surface area contributed by atoms with Crippen LogP contribution >= 0.6 is 11.3 Å². The number of aromatic nitrogens is 1. The summed E-state index contributed by atoms with van der Waals surface area (Å²) in [5.41, 5.74) is 0.893. The Balaban J connectivity index is 2.89. The van der Waals surface area contributed by atoms with Crippen LogP contribution in [0.4, 0.5) is 0 Å². The average Bonchev–Trinajstić information content (AvgIpc) is 2.51. The monoisotopic (exact) mass is 228 g/mol. The van der Waals surface area contributed by atoms with Crippen LogP contribution in [0.1, 0.15) is 31.5 Å². The van der Waals surface area contributed by atoms with Crippen molar-refractivity contribution in [2.45, 2.75) is 39.3 Å². The molecule has 0 bridgehead atoms. The molecule has 1 atom stereocenters. The van der Waals surface area contributed by atoms with Crippen molar-refractivity contribution in [1.29, 1.82) is 0 Å². The van der Waals surface area contributed by atoms with Gasteiger partial charge >= 0.3 is 0 Å². The molecule has 0 radical (unpaired) electrons. The molecular formula is C11H20N2OS. The van der Waals surface area contributed by atoms with E-state index in [4.69, 9.17) is 4.74 Å². The second-order valence-corrected chi connectivity index (χ2v) is 5.22. The van der Waals surface area contributed by atoms with Crippen LogP contribution in [0.25, 0.3) is 0 Å². The molecule has 1 N–H and O–H groups in total. The van der Waals surface area contributed by atoms with Crippen LogP contribution in [0.15, 0.2) is 5.38 Å². The summed E-state index contributed by atoms with van der Waals surface area (Å²) in [5.74, 6) is 0. The van der Waals surface area contributed by atoms with Crippen LogP contribution in [0, 0.1) is 6.92 Å². The lowest BCUT2D eigenvalue weighted by Gasteiger charge is -2.30. The third-order valence-corrected chi connectivity index (χ3v) is 3.36. The maximum atomic E-state index is 5.28. The van der Waals surface area contributed by atoms with Gasteiger partial charge in [-0.25, -0.2) is 4.98 Å². The van der Waals surface area contributed by atoms with Crippen molar-refractivity contribution in [1.82, 2.24) is 10.3 Å². The van der Waals surface area contributed by atoms with E-state index in [-0.39, 0.29) is 5.54 Å². The van der Waals surface area contributed by atoms with E-state index in [1.165, 1.54) is 0 Å². The first-order valence-corrected chi connectivity index (χ1v) is 6.05. The van der Waals surface area contributed by atoms with Crippen molar-refractivity contribution in [3.05, 3.63) is 16.1 Å². The van der Waals surface area contributed by atoms with Gasteiger partial charge in [0, 0.05) is 24.2 Å². The Morgan fingerprint density at radius 1 is 1.60 bits per heavy atom. The number of nitrogens with zero attached hydrogens (tertiary/aromatic N) is 1. The van der Waals surface area contributed by atoms with E-state index in [1.54, 1.807) is 18.4 Å². The predicted octanol–water partition coefficient (Wildman–Crippen LogP) is 2.31. The van der Waals surface area contributed by atoms with Gasteiger partial charge in [0.15, 0.2) is 0 Å². The number of hydrogen-bond acceptors (Lipinski definition) is 4. The molecule has 4 heteroatoms. The molecule has 0 amide bonds. The van der Waals surface area contributed by atoms with Crippen molar-refractivity contribution in [2.75, 3.05) is 13.7 Å². The molecule has 1 rings (SSSR count). The van der Waals surface area contributed by atoms with Gasteiger partial charge < -0.3 is 10.1 Å². The molecule has 0 saturated heterocycles. The highest BCUT2D eigenvalue weighted by Crippen LogP contribution is 2.25. The van der Waals surface area contributed by atoms with Crippen LogP contribution in [0.2, 0.25) is 0 Å². The SMILES string of the molecule is COCC(C)(NC(C)C)c1nc(C)cs1. The topological polar surface area (TPSA) is 34.1 Å². The lowest BCUT2D eigenvalue weighted by atomic mass is 10.0. The average molecular weight is 228 g/mol. The zero-order valence-corrected chi connectivity index (χ0v) is 10.9. The van der Waals surface area contributed by atoms with Crippen LogP contribution < -0.4 is 5.32 Å². The first-order chi connectivity index (χ1) is 6.98. The van der Waals surface area contributed by atoms with E-state index in [9.17, 15) is 0 Å². The Morgan fingerprint density at radius 2 is 2.27 bits per heavy atom. The molecule has 86 valence electrons. The minimum Gasteiger partial charge on any atom is -0.382 e. The second kappa shape index (κ2) is 5.05. The molecule has 0 aliphatic heterocycles. The molecule has 0 aliphatic carbocycles. The molecule has 3 nitrogen and oxygen atoms in total. The van der Waals surface area contributed by atoms with Crippen LogP contribution in [0.5, 0.6) is 0 Å². The van der Waals surface area contributed by atoms with Crippen molar-refractivity contribution < 1.29 is 4.74 Å². The van der Waals surface area contributed by atoms with Gasteiger partial charge in [-0.05, 0) is 27.7 Å². The highest BCUT2D eigenvalue weighted by atomic mass is 32.1. The number of nitrogens with one attached hydrogen (secondary N) is 1. The number of thiazole rings is 1. The molecule has 15 heavy (non-hydrogen) atoms. The highest BCUT2D eigenvalue weighted by Gasteiger charge is 2.30.